The number of rotatable bonds is 0. The van der Waals surface area contributed by atoms with Crippen LogP contribution in [0.1, 0.15) is 6.42 Å². The second kappa shape index (κ2) is 2.62. The molecule has 0 saturated carbocycles. The Labute approximate surface area is 54.3 Å². The third kappa shape index (κ3) is 1.91. The molecule has 1 N–H and O–H groups in total. The fraction of sp³-hybridized carbons (Fsp3) is 1.00. The summed E-state index contributed by atoms with van der Waals surface area (Å²) in [6.07, 6.45) is -0.984. The third-order valence-electron chi connectivity index (χ3n) is 1.56. The van der Waals surface area contributed by atoms with Crippen molar-refractivity contribution in [2.45, 2.75) is 18.7 Å². The monoisotopic (exact) mass is 133 g/mol. The highest BCUT2D eigenvalue weighted by Gasteiger charge is 2.22. The maximum absolute atomic E-state index is 12.5. The largest absolute Gasteiger partial charge is 0.392 e. The molecule has 2 unspecified atom stereocenters. The fourth-order valence-electron chi connectivity index (χ4n) is 1.22. The number of likely N-dealkylation sites (tertiary alicyclic amines) is 1. The Morgan fingerprint density at radius 1 is 1.56 bits per heavy atom. The van der Waals surface area contributed by atoms with E-state index in [-0.39, 0.29) is 0 Å². The zero-order valence-electron chi connectivity index (χ0n) is 5.55. The summed E-state index contributed by atoms with van der Waals surface area (Å²) in [6, 6.07) is 0. The number of aliphatic hydroxyl groups is 1. The fourth-order valence-corrected chi connectivity index (χ4v) is 1.22. The second-order valence-electron chi connectivity index (χ2n) is 2.71. The first-order valence-electron chi connectivity index (χ1n) is 3.19. The van der Waals surface area contributed by atoms with E-state index in [0.29, 0.717) is 19.5 Å². The quantitative estimate of drug-likeness (QED) is 0.503. The predicted molar refractivity (Wildman–Crippen MR) is 33.0 cm³/mol. The van der Waals surface area contributed by atoms with E-state index < -0.39 is 12.3 Å². The number of likely N-dealkylation sites (N-methyl/N-ethyl adjacent to an activating group) is 1. The van der Waals surface area contributed by atoms with Gasteiger partial charge in [-0.15, -0.1) is 0 Å². The summed E-state index contributed by atoms with van der Waals surface area (Å²) in [7, 11) is 1.81. The lowest BCUT2D eigenvalue weighted by Crippen LogP contribution is -2.41. The normalized spacial score (nSPS) is 39.0. The number of hydrogen-bond acceptors (Lipinski definition) is 2. The molecule has 9 heavy (non-hydrogen) atoms. The van der Waals surface area contributed by atoms with Gasteiger partial charge in [-0.2, -0.15) is 0 Å². The summed E-state index contributed by atoms with van der Waals surface area (Å²) in [4.78, 5) is 1.80. The highest BCUT2D eigenvalue weighted by Crippen LogP contribution is 2.11. The summed E-state index contributed by atoms with van der Waals surface area (Å²) in [5, 5.41) is 8.97. The Morgan fingerprint density at radius 3 is 2.67 bits per heavy atom. The van der Waals surface area contributed by atoms with Crippen LogP contribution in [0.3, 0.4) is 0 Å². The number of β-amino-alcohol motifs (C(OH)–C–C–N with tert-alkyl or cyclic N) is 1. The molecule has 1 aliphatic rings. The van der Waals surface area contributed by atoms with E-state index in [1.807, 2.05) is 7.05 Å². The van der Waals surface area contributed by atoms with Crippen molar-refractivity contribution in [3.05, 3.63) is 0 Å². The van der Waals surface area contributed by atoms with Crippen molar-refractivity contribution in [3.8, 4) is 0 Å². The number of piperidine rings is 1. The highest BCUT2D eigenvalue weighted by molar-refractivity contribution is 4.75. The first-order chi connectivity index (χ1) is 4.18. The van der Waals surface area contributed by atoms with Gasteiger partial charge in [-0.3, -0.25) is 0 Å². The number of halogens is 1. The molecule has 0 aliphatic carbocycles. The van der Waals surface area contributed by atoms with Crippen molar-refractivity contribution in [2.75, 3.05) is 20.1 Å². The molecule has 54 valence electrons. The Morgan fingerprint density at radius 2 is 2.22 bits per heavy atom. The topological polar surface area (TPSA) is 23.5 Å². The molecule has 0 aromatic rings. The van der Waals surface area contributed by atoms with Gasteiger partial charge in [-0.05, 0) is 7.05 Å². The van der Waals surface area contributed by atoms with Crippen LogP contribution in [-0.2, 0) is 0 Å². The molecule has 1 rings (SSSR count). The van der Waals surface area contributed by atoms with Gasteiger partial charge < -0.3 is 10.0 Å². The van der Waals surface area contributed by atoms with Gasteiger partial charge in [0.1, 0.15) is 6.17 Å². The lowest BCUT2D eigenvalue weighted by Gasteiger charge is -2.28. The standard InChI is InChI=1S/C6H12FNO/c1-8-3-5(7)2-6(9)4-8/h5-6,9H,2-4H2,1H3. The molecular formula is C6H12FNO. The second-order valence-corrected chi connectivity index (χ2v) is 2.71. The average Bonchev–Trinajstić information content (AvgIpc) is 1.59. The molecule has 3 heteroatoms. The molecule has 1 saturated heterocycles. The van der Waals surface area contributed by atoms with Crippen LogP contribution in [0.15, 0.2) is 0 Å². The van der Waals surface area contributed by atoms with Crippen LogP contribution in [0.25, 0.3) is 0 Å². The third-order valence-corrected chi connectivity index (χ3v) is 1.56. The van der Waals surface area contributed by atoms with Gasteiger partial charge in [-0.25, -0.2) is 4.39 Å². The van der Waals surface area contributed by atoms with E-state index in [9.17, 15) is 4.39 Å². The first-order valence-corrected chi connectivity index (χ1v) is 3.19. The first kappa shape index (κ1) is 6.96. The summed E-state index contributed by atoms with van der Waals surface area (Å²) in [6.45, 7) is 1.08. The zero-order valence-corrected chi connectivity index (χ0v) is 5.55. The zero-order chi connectivity index (χ0) is 6.85. The molecule has 0 spiro atoms. The molecule has 0 amide bonds. The average molecular weight is 133 g/mol. The molecule has 0 radical (unpaired) electrons. The van der Waals surface area contributed by atoms with Crippen molar-refractivity contribution in [3.63, 3.8) is 0 Å². The van der Waals surface area contributed by atoms with Gasteiger partial charge in [-0.1, -0.05) is 0 Å². The summed E-state index contributed by atoms with van der Waals surface area (Å²) in [5.41, 5.74) is 0. The summed E-state index contributed by atoms with van der Waals surface area (Å²) >= 11 is 0. The number of nitrogens with zero attached hydrogens (tertiary/aromatic N) is 1. The summed E-state index contributed by atoms with van der Waals surface area (Å²) < 4.78 is 12.5. The molecule has 1 heterocycles. The lowest BCUT2D eigenvalue weighted by molar-refractivity contribution is 0.0385. The van der Waals surface area contributed by atoms with Crippen molar-refractivity contribution < 1.29 is 9.50 Å². The minimum absolute atomic E-state index is 0.310. The van der Waals surface area contributed by atoms with Crippen molar-refractivity contribution in [1.29, 1.82) is 0 Å². The Kier molecular flexibility index (Phi) is 2.03. The van der Waals surface area contributed by atoms with E-state index in [0.717, 1.165) is 0 Å². The maximum Gasteiger partial charge on any atom is 0.115 e. The molecule has 0 aromatic carbocycles. The van der Waals surface area contributed by atoms with Crippen LogP contribution in [0.5, 0.6) is 0 Å². The van der Waals surface area contributed by atoms with Crippen LogP contribution < -0.4 is 0 Å². The van der Waals surface area contributed by atoms with Gasteiger partial charge in [0.15, 0.2) is 0 Å². The van der Waals surface area contributed by atoms with Crippen LogP contribution in [0.2, 0.25) is 0 Å². The Bertz CT molecular complexity index is 74.0. The van der Waals surface area contributed by atoms with Gasteiger partial charge in [0.05, 0.1) is 6.10 Å². The van der Waals surface area contributed by atoms with Crippen molar-refractivity contribution >= 4 is 0 Å². The Balaban J connectivity index is 2.34. The smallest absolute Gasteiger partial charge is 0.115 e. The SMILES string of the molecule is CN1CC(O)CC(F)C1. The van der Waals surface area contributed by atoms with E-state index in [1.54, 1.807) is 4.90 Å². The molecule has 1 fully saturated rings. The van der Waals surface area contributed by atoms with E-state index >= 15 is 0 Å². The van der Waals surface area contributed by atoms with Crippen LogP contribution in [-0.4, -0.2) is 42.4 Å². The predicted octanol–water partition coefficient (Wildman–Crippen LogP) is 0.0209. The molecule has 1 aliphatic heterocycles. The molecule has 0 aromatic heterocycles. The molecule has 0 bridgehead atoms. The number of aliphatic hydroxyl groups excluding tert-OH is 1. The number of hydrogen-bond donors (Lipinski definition) is 1. The van der Waals surface area contributed by atoms with E-state index in [2.05, 4.69) is 0 Å². The van der Waals surface area contributed by atoms with E-state index in [1.165, 1.54) is 0 Å². The lowest BCUT2D eigenvalue weighted by atomic mass is 10.1. The van der Waals surface area contributed by atoms with Crippen LogP contribution in [0, 0.1) is 0 Å². The highest BCUT2D eigenvalue weighted by atomic mass is 19.1. The minimum Gasteiger partial charge on any atom is -0.392 e. The van der Waals surface area contributed by atoms with Crippen molar-refractivity contribution in [1.82, 2.24) is 4.90 Å². The van der Waals surface area contributed by atoms with Gasteiger partial charge >= 0.3 is 0 Å². The molecule has 2 atom stereocenters. The maximum atomic E-state index is 12.5. The van der Waals surface area contributed by atoms with Crippen molar-refractivity contribution in [2.24, 2.45) is 0 Å². The summed E-state index contributed by atoms with van der Waals surface area (Å²) in [5.74, 6) is 0. The van der Waals surface area contributed by atoms with Gasteiger partial charge in [0.25, 0.3) is 0 Å². The van der Waals surface area contributed by atoms with Crippen LogP contribution in [0.4, 0.5) is 4.39 Å². The van der Waals surface area contributed by atoms with E-state index in [4.69, 9.17) is 5.11 Å². The molecular weight excluding hydrogens is 121 g/mol. The van der Waals surface area contributed by atoms with Gasteiger partial charge in [0.2, 0.25) is 0 Å². The van der Waals surface area contributed by atoms with Crippen LogP contribution >= 0.6 is 0 Å². The number of alkyl halides is 1. The molecule has 2 nitrogen and oxygen atoms in total. The minimum atomic E-state index is -0.834. The Hall–Kier alpha value is -0.150. The van der Waals surface area contributed by atoms with Gasteiger partial charge in [0, 0.05) is 19.5 Å².